The molecule has 5 heteroatoms. The van der Waals surface area contributed by atoms with Crippen LogP contribution in [0.5, 0.6) is 0 Å². The Labute approximate surface area is 145 Å². The van der Waals surface area contributed by atoms with Gasteiger partial charge < -0.3 is 10.2 Å². The van der Waals surface area contributed by atoms with E-state index in [-0.39, 0.29) is 5.91 Å². The number of carbonyl (C=O) groups excluding carboxylic acids is 1. The van der Waals surface area contributed by atoms with Gasteiger partial charge in [-0.25, -0.2) is 4.98 Å². The summed E-state index contributed by atoms with van der Waals surface area (Å²) in [5, 5.41) is 3.28. The van der Waals surface area contributed by atoms with Crippen molar-refractivity contribution in [3.05, 3.63) is 52.8 Å². The van der Waals surface area contributed by atoms with Gasteiger partial charge >= 0.3 is 0 Å². The van der Waals surface area contributed by atoms with Gasteiger partial charge in [0.25, 0.3) is 5.91 Å². The van der Waals surface area contributed by atoms with E-state index in [9.17, 15) is 4.79 Å². The summed E-state index contributed by atoms with van der Waals surface area (Å²) in [5.74, 6) is 0.745. The molecule has 120 valence electrons. The number of benzene rings is 1. The van der Waals surface area contributed by atoms with E-state index >= 15 is 0 Å². The van der Waals surface area contributed by atoms with Gasteiger partial charge in [-0.2, -0.15) is 0 Å². The molecule has 0 saturated carbocycles. The number of aromatic nitrogens is 1. The van der Waals surface area contributed by atoms with Crippen LogP contribution >= 0.6 is 15.9 Å². The first-order valence-electron chi connectivity index (χ1n) is 7.90. The largest absolute Gasteiger partial charge is 0.354 e. The molecule has 0 aliphatic carbocycles. The first-order valence-corrected chi connectivity index (χ1v) is 8.69. The number of pyridine rings is 1. The summed E-state index contributed by atoms with van der Waals surface area (Å²) >= 11 is 3.45. The third-order valence-corrected chi connectivity index (χ3v) is 4.66. The summed E-state index contributed by atoms with van der Waals surface area (Å²) in [6.07, 6.45) is 3.86. The number of nitrogens with one attached hydrogen (secondary N) is 1. The Kier molecular flexibility index (Phi) is 4.96. The van der Waals surface area contributed by atoms with Crippen molar-refractivity contribution in [2.45, 2.75) is 19.8 Å². The van der Waals surface area contributed by atoms with Crippen LogP contribution in [-0.2, 0) is 0 Å². The van der Waals surface area contributed by atoms with Crippen molar-refractivity contribution in [1.82, 2.24) is 9.88 Å². The number of hydrogen-bond donors (Lipinski definition) is 1. The standard InChI is InChI=1S/C18H20BrN3O/c1-13-7-9-22(10-8-13)18(23)17-6-5-16(12-20-17)21-15-4-2-3-14(19)11-15/h2-6,11-13,21H,7-10H2,1H3. The summed E-state index contributed by atoms with van der Waals surface area (Å²) in [5.41, 5.74) is 2.36. The van der Waals surface area contributed by atoms with Gasteiger partial charge in [0.2, 0.25) is 0 Å². The molecule has 1 aliphatic rings. The maximum Gasteiger partial charge on any atom is 0.272 e. The van der Waals surface area contributed by atoms with Crippen LogP contribution in [0.4, 0.5) is 11.4 Å². The summed E-state index contributed by atoms with van der Waals surface area (Å²) in [4.78, 5) is 18.7. The number of likely N-dealkylation sites (tertiary alicyclic amines) is 1. The van der Waals surface area contributed by atoms with Gasteiger partial charge in [0.1, 0.15) is 5.69 Å². The summed E-state index contributed by atoms with van der Waals surface area (Å²) < 4.78 is 1.02. The molecule has 0 unspecified atom stereocenters. The molecule has 23 heavy (non-hydrogen) atoms. The van der Waals surface area contributed by atoms with Gasteiger partial charge in [0, 0.05) is 23.2 Å². The van der Waals surface area contributed by atoms with Gasteiger partial charge in [-0.3, -0.25) is 4.79 Å². The number of halogens is 1. The molecule has 0 bridgehead atoms. The highest BCUT2D eigenvalue weighted by Crippen LogP contribution is 2.21. The van der Waals surface area contributed by atoms with Crippen LogP contribution in [0, 0.1) is 5.92 Å². The van der Waals surface area contributed by atoms with Crippen LogP contribution in [0.1, 0.15) is 30.3 Å². The maximum absolute atomic E-state index is 12.5. The van der Waals surface area contributed by atoms with Crippen LogP contribution < -0.4 is 5.32 Å². The molecule has 1 aromatic carbocycles. The minimum absolute atomic E-state index is 0.0332. The Morgan fingerprint density at radius 1 is 1.22 bits per heavy atom. The second-order valence-corrected chi connectivity index (χ2v) is 6.96. The molecule has 3 rings (SSSR count). The molecule has 2 aromatic rings. The van der Waals surface area contributed by atoms with Crippen LogP contribution in [0.3, 0.4) is 0 Å². The smallest absolute Gasteiger partial charge is 0.272 e. The Morgan fingerprint density at radius 2 is 2.00 bits per heavy atom. The van der Waals surface area contributed by atoms with Gasteiger partial charge in [-0.05, 0) is 49.1 Å². The van der Waals surface area contributed by atoms with Gasteiger partial charge in [0.15, 0.2) is 0 Å². The molecule has 2 heterocycles. The third-order valence-electron chi connectivity index (χ3n) is 4.17. The van der Waals surface area contributed by atoms with E-state index in [1.807, 2.05) is 35.2 Å². The second-order valence-electron chi connectivity index (χ2n) is 6.04. The van der Waals surface area contributed by atoms with Crippen molar-refractivity contribution in [2.24, 2.45) is 5.92 Å². The average molecular weight is 374 g/mol. The Hall–Kier alpha value is -1.88. The van der Waals surface area contributed by atoms with E-state index in [1.165, 1.54) is 0 Å². The fraction of sp³-hybridized carbons (Fsp3) is 0.333. The molecule has 1 aromatic heterocycles. The molecule has 1 aliphatic heterocycles. The van der Waals surface area contributed by atoms with Gasteiger partial charge in [0.05, 0.1) is 11.9 Å². The molecule has 1 fully saturated rings. The van der Waals surface area contributed by atoms with Crippen LogP contribution in [0.25, 0.3) is 0 Å². The van der Waals surface area contributed by atoms with Crippen molar-refractivity contribution in [3.8, 4) is 0 Å². The fourth-order valence-electron chi connectivity index (χ4n) is 2.70. The number of rotatable bonds is 3. The topological polar surface area (TPSA) is 45.2 Å². The number of anilines is 2. The number of carbonyl (C=O) groups is 1. The van der Waals surface area contributed by atoms with Crippen molar-refractivity contribution in [1.29, 1.82) is 0 Å². The molecule has 1 N–H and O–H groups in total. The molecule has 0 spiro atoms. The Morgan fingerprint density at radius 3 is 2.65 bits per heavy atom. The SMILES string of the molecule is CC1CCN(C(=O)c2ccc(Nc3cccc(Br)c3)cn2)CC1. The van der Waals surface area contributed by atoms with E-state index in [0.29, 0.717) is 11.6 Å². The lowest BCUT2D eigenvalue weighted by molar-refractivity contribution is 0.0691. The zero-order chi connectivity index (χ0) is 16.2. The molecule has 0 atom stereocenters. The monoisotopic (exact) mass is 373 g/mol. The molecular weight excluding hydrogens is 354 g/mol. The van der Waals surface area contributed by atoms with E-state index in [1.54, 1.807) is 12.3 Å². The number of hydrogen-bond acceptors (Lipinski definition) is 3. The van der Waals surface area contributed by atoms with E-state index in [0.717, 1.165) is 41.8 Å². The first kappa shape index (κ1) is 16.0. The zero-order valence-corrected chi connectivity index (χ0v) is 14.7. The zero-order valence-electron chi connectivity index (χ0n) is 13.1. The number of amides is 1. The second kappa shape index (κ2) is 7.13. The highest BCUT2D eigenvalue weighted by molar-refractivity contribution is 9.10. The fourth-order valence-corrected chi connectivity index (χ4v) is 3.10. The van der Waals surface area contributed by atoms with Crippen molar-refractivity contribution >= 4 is 33.2 Å². The highest BCUT2D eigenvalue weighted by atomic mass is 79.9. The molecule has 4 nitrogen and oxygen atoms in total. The first-order chi connectivity index (χ1) is 11.1. The molecule has 0 radical (unpaired) electrons. The van der Waals surface area contributed by atoms with E-state index in [4.69, 9.17) is 0 Å². The molecular formula is C18H20BrN3O. The number of piperidine rings is 1. The van der Waals surface area contributed by atoms with E-state index in [2.05, 4.69) is 33.2 Å². The lowest BCUT2D eigenvalue weighted by Gasteiger charge is -2.30. The van der Waals surface area contributed by atoms with Gasteiger partial charge in [-0.1, -0.05) is 28.9 Å². The summed E-state index contributed by atoms with van der Waals surface area (Å²) in [7, 11) is 0. The lowest BCUT2D eigenvalue weighted by atomic mass is 9.99. The normalized spacial score (nSPS) is 15.5. The predicted molar refractivity (Wildman–Crippen MR) is 96.0 cm³/mol. The third kappa shape index (κ3) is 4.10. The minimum Gasteiger partial charge on any atom is -0.354 e. The molecule has 1 amide bonds. The van der Waals surface area contributed by atoms with Crippen LogP contribution in [-0.4, -0.2) is 28.9 Å². The molecule has 1 saturated heterocycles. The Balaban J connectivity index is 1.66. The lowest BCUT2D eigenvalue weighted by Crippen LogP contribution is -2.38. The van der Waals surface area contributed by atoms with Crippen LogP contribution in [0.15, 0.2) is 47.1 Å². The van der Waals surface area contributed by atoms with E-state index < -0.39 is 0 Å². The van der Waals surface area contributed by atoms with Gasteiger partial charge in [-0.15, -0.1) is 0 Å². The summed E-state index contributed by atoms with van der Waals surface area (Å²) in [6.45, 7) is 3.90. The average Bonchev–Trinajstić information content (AvgIpc) is 2.56. The van der Waals surface area contributed by atoms with Crippen LogP contribution in [0.2, 0.25) is 0 Å². The predicted octanol–water partition coefficient (Wildman–Crippen LogP) is 4.46. The minimum atomic E-state index is 0.0332. The van der Waals surface area contributed by atoms with Crippen molar-refractivity contribution < 1.29 is 4.79 Å². The summed E-state index contributed by atoms with van der Waals surface area (Å²) in [6, 6.07) is 11.6. The number of nitrogens with zero attached hydrogens (tertiary/aromatic N) is 2. The van der Waals surface area contributed by atoms with Crippen molar-refractivity contribution in [3.63, 3.8) is 0 Å². The van der Waals surface area contributed by atoms with Crippen molar-refractivity contribution in [2.75, 3.05) is 18.4 Å². The highest BCUT2D eigenvalue weighted by Gasteiger charge is 2.22. The Bertz CT molecular complexity index is 679. The quantitative estimate of drug-likeness (QED) is 0.863. The maximum atomic E-state index is 12.5.